The number of halogens is 3. The van der Waals surface area contributed by atoms with E-state index in [-0.39, 0.29) is 11.7 Å². The highest BCUT2D eigenvalue weighted by molar-refractivity contribution is 5.47. The minimum Gasteiger partial charge on any atom is -0.379 e. The summed E-state index contributed by atoms with van der Waals surface area (Å²) in [5, 5.41) is 2.92. The molecule has 2 aromatic carbocycles. The van der Waals surface area contributed by atoms with Gasteiger partial charge in [-0.2, -0.15) is 0 Å². The average molecular weight is 277 g/mol. The molecule has 0 aliphatic heterocycles. The number of nitrogens with one attached hydrogen (secondary N) is 1. The Morgan fingerprint density at radius 3 is 2.55 bits per heavy atom. The zero-order valence-corrected chi connectivity index (χ0v) is 10.8. The highest BCUT2D eigenvalue weighted by atomic mass is 19.2. The summed E-state index contributed by atoms with van der Waals surface area (Å²) in [6.45, 7) is 0. The Kier molecular flexibility index (Phi) is 3.38. The van der Waals surface area contributed by atoms with Crippen LogP contribution in [0.3, 0.4) is 0 Å². The van der Waals surface area contributed by atoms with Gasteiger partial charge < -0.3 is 5.32 Å². The van der Waals surface area contributed by atoms with Crippen LogP contribution in [0.15, 0.2) is 36.4 Å². The van der Waals surface area contributed by atoms with Gasteiger partial charge >= 0.3 is 0 Å². The summed E-state index contributed by atoms with van der Waals surface area (Å²) in [7, 11) is 0. The Morgan fingerprint density at radius 1 is 1.00 bits per heavy atom. The van der Waals surface area contributed by atoms with Gasteiger partial charge in [-0.3, -0.25) is 0 Å². The third kappa shape index (κ3) is 2.50. The fraction of sp³-hybridized carbons (Fsp3) is 0.250. The molecule has 3 rings (SSSR count). The maximum Gasteiger partial charge on any atom is 0.182 e. The van der Waals surface area contributed by atoms with Crippen LogP contribution in [0, 0.1) is 17.5 Å². The van der Waals surface area contributed by atoms with Crippen molar-refractivity contribution in [3.8, 4) is 0 Å². The first-order valence-electron chi connectivity index (χ1n) is 6.61. The molecule has 0 saturated carbocycles. The number of fused-ring (bicyclic) bond motifs is 1. The molecule has 0 bridgehead atoms. The lowest BCUT2D eigenvalue weighted by Gasteiger charge is -2.26. The van der Waals surface area contributed by atoms with E-state index in [0.717, 1.165) is 25.3 Å². The maximum absolute atomic E-state index is 13.6. The predicted molar refractivity (Wildman–Crippen MR) is 72.2 cm³/mol. The van der Waals surface area contributed by atoms with Crippen LogP contribution < -0.4 is 5.32 Å². The van der Waals surface area contributed by atoms with Gasteiger partial charge in [-0.1, -0.05) is 24.3 Å². The van der Waals surface area contributed by atoms with Gasteiger partial charge in [-0.15, -0.1) is 0 Å². The van der Waals surface area contributed by atoms with Gasteiger partial charge in [0, 0.05) is 18.2 Å². The number of aryl methyl sites for hydroxylation is 1. The number of benzene rings is 2. The van der Waals surface area contributed by atoms with E-state index >= 15 is 0 Å². The zero-order chi connectivity index (χ0) is 14.1. The van der Waals surface area contributed by atoms with Crippen LogP contribution >= 0.6 is 0 Å². The number of hydrogen-bond acceptors (Lipinski definition) is 1. The van der Waals surface area contributed by atoms with Crippen LogP contribution in [0.4, 0.5) is 18.9 Å². The number of hydrogen-bond donors (Lipinski definition) is 1. The Morgan fingerprint density at radius 2 is 1.75 bits per heavy atom. The van der Waals surface area contributed by atoms with E-state index in [2.05, 4.69) is 11.4 Å². The standard InChI is InChI=1S/C16H14F3N/c17-12-8-14(18)16(19)15(9-12)20-13-6-5-10-3-1-2-4-11(10)7-13/h1-4,8-9,13,20H,5-7H2. The Labute approximate surface area is 115 Å². The lowest BCUT2D eigenvalue weighted by Crippen LogP contribution is -2.27. The van der Waals surface area contributed by atoms with Crippen LogP contribution in [0.5, 0.6) is 0 Å². The second-order valence-electron chi connectivity index (χ2n) is 5.10. The molecule has 0 fully saturated rings. The molecular weight excluding hydrogens is 263 g/mol. The third-order valence-electron chi connectivity index (χ3n) is 3.70. The molecular formula is C16H14F3N. The van der Waals surface area contributed by atoms with E-state index in [1.165, 1.54) is 11.1 Å². The van der Waals surface area contributed by atoms with E-state index in [9.17, 15) is 13.2 Å². The molecule has 1 aliphatic rings. The molecule has 20 heavy (non-hydrogen) atoms. The lowest BCUT2D eigenvalue weighted by molar-refractivity contribution is 0.494. The van der Waals surface area contributed by atoms with Gasteiger partial charge in [0.15, 0.2) is 11.6 Å². The molecule has 0 aromatic heterocycles. The van der Waals surface area contributed by atoms with Crippen molar-refractivity contribution in [2.45, 2.75) is 25.3 Å². The first kappa shape index (κ1) is 13.0. The number of anilines is 1. The summed E-state index contributed by atoms with van der Waals surface area (Å²) < 4.78 is 40.0. The Balaban J connectivity index is 1.80. The largest absolute Gasteiger partial charge is 0.379 e. The summed E-state index contributed by atoms with van der Waals surface area (Å²) in [4.78, 5) is 0. The molecule has 0 spiro atoms. The van der Waals surface area contributed by atoms with Crippen LogP contribution in [0.1, 0.15) is 17.5 Å². The molecule has 0 radical (unpaired) electrons. The quantitative estimate of drug-likeness (QED) is 0.816. The van der Waals surface area contributed by atoms with E-state index < -0.39 is 17.5 Å². The van der Waals surface area contributed by atoms with Crippen molar-refractivity contribution in [3.05, 3.63) is 65.0 Å². The summed E-state index contributed by atoms with van der Waals surface area (Å²) in [6, 6.07) is 9.60. The first-order chi connectivity index (χ1) is 9.63. The van der Waals surface area contributed by atoms with Gasteiger partial charge in [-0.05, 0) is 30.4 Å². The zero-order valence-electron chi connectivity index (χ0n) is 10.8. The topological polar surface area (TPSA) is 12.0 Å². The molecule has 1 nitrogen and oxygen atoms in total. The van der Waals surface area contributed by atoms with E-state index in [4.69, 9.17) is 0 Å². The highest BCUT2D eigenvalue weighted by Gasteiger charge is 2.20. The average Bonchev–Trinajstić information content (AvgIpc) is 2.44. The normalized spacial score (nSPS) is 17.6. The molecule has 2 aromatic rings. The molecule has 0 amide bonds. The fourth-order valence-corrected chi connectivity index (χ4v) is 2.70. The van der Waals surface area contributed by atoms with Gasteiger partial charge in [0.1, 0.15) is 5.82 Å². The molecule has 1 N–H and O–H groups in total. The lowest BCUT2D eigenvalue weighted by atomic mass is 9.88. The summed E-state index contributed by atoms with van der Waals surface area (Å²) in [5.74, 6) is -2.96. The van der Waals surface area contributed by atoms with E-state index in [1.54, 1.807) is 0 Å². The van der Waals surface area contributed by atoms with Crippen LogP contribution in [0.2, 0.25) is 0 Å². The second-order valence-corrected chi connectivity index (χ2v) is 5.10. The van der Waals surface area contributed by atoms with Crippen molar-refractivity contribution in [1.29, 1.82) is 0 Å². The molecule has 0 heterocycles. The van der Waals surface area contributed by atoms with Crippen molar-refractivity contribution in [2.24, 2.45) is 0 Å². The summed E-state index contributed by atoms with van der Waals surface area (Å²) >= 11 is 0. The van der Waals surface area contributed by atoms with Crippen LogP contribution in [-0.2, 0) is 12.8 Å². The van der Waals surface area contributed by atoms with Crippen LogP contribution in [0.25, 0.3) is 0 Å². The van der Waals surface area contributed by atoms with Crippen molar-refractivity contribution in [1.82, 2.24) is 0 Å². The van der Waals surface area contributed by atoms with Gasteiger partial charge in [-0.25, -0.2) is 13.2 Å². The first-order valence-corrected chi connectivity index (χ1v) is 6.61. The van der Waals surface area contributed by atoms with Gasteiger partial charge in [0.2, 0.25) is 0 Å². The smallest absolute Gasteiger partial charge is 0.182 e. The molecule has 0 saturated heterocycles. The van der Waals surface area contributed by atoms with E-state index in [1.807, 2.05) is 18.2 Å². The highest BCUT2D eigenvalue weighted by Crippen LogP contribution is 2.26. The maximum atomic E-state index is 13.6. The molecule has 4 heteroatoms. The van der Waals surface area contributed by atoms with Crippen molar-refractivity contribution in [3.63, 3.8) is 0 Å². The van der Waals surface area contributed by atoms with Crippen molar-refractivity contribution in [2.75, 3.05) is 5.32 Å². The minimum atomic E-state index is -1.16. The Hall–Kier alpha value is -1.97. The fourth-order valence-electron chi connectivity index (χ4n) is 2.70. The summed E-state index contributed by atoms with van der Waals surface area (Å²) in [5.41, 5.74) is 2.39. The Bertz CT molecular complexity index is 640. The predicted octanol–water partition coefficient (Wildman–Crippen LogP) is 4.07. The van der Waals surface area contributed by atoms with Crippen LogP contribution in [-0.4, -0.2) is 6.04 Å². The molecule has 1 aliphatic carbocycles. The van der Waals surface area contributed by atoms with Gasteiger partial charge in [0.05, 0.1) is 5.69 Å². The van der Waals surface area contributed by atoms with Crippen molar-refractivity contribution < 1.29 is 13.2 Å². The van der Waals surface area contributed by atoms with Gasteiger partial charge in [0.25, 0.3) is 0 Å². The minimum absolute atomic E-state index is 0.0133. The third-order valence-corrected chi connectivity index (χ3v) is 3.70. The van der Waals surface area contributed by atoms with E-state index in [0.29, 0.717) is 6.07 Å². The SMILES string of the molecule is Fc1cc(F)c(F)c(NC2CCc3ccccc3C2)c1. The molecule has 104 valence electrons. The van der Waals surface area contributed by atoms with Crippen molar-refractivity contribution >= 4 is 5.69 Å². The molecule has 1 atom stereocenters. The second kappa shape index (κ2) is 5.19. The number of rotatable bonds is 2. The molecule has 1 unspecified atom stereocenters. The summed E-state index contributed by atoms with van der Waals surface area (Å²) in [6.07, 6.45) is 2.43. The monoisotopic (exact) mass is 277 g/mol.